The molecular formula is C16H14F3N3O3. The van der Waals surface area contributed by atoms with Crippen molar-refractivity contribution in [2.24, 2.45) is 0 Å². The Morgan fingerprint density at radius 1 is 0.960 bits per heavy atom. The predicted molar refractivity (Wildman–Crippen MR) is 84.1 cm³/mol. The number of urea groups is 1. The van der Waals surface area contributed by atoms with Crippen molar-refractivity contribution in [2.75, 3.05) is 12.4 Å². The number of hydrazine groups is 1. The van der Waals surface area contributed by atoms with Crippen LogP contribution in [0.3, 0.4) is 0 Å². The third-order valence-electron chi connectivity index (χ3n) is 3.12. The zero-order valence-electron chi connectivity index (χ0n) is 13.0. The molecule has 2 aromatic rings. The lowest BCUT2D eigenvalue weighted by molar-refractivity contribution is -0.136. The number of alkyl halides is 3. The minimum absolute atomic E-state index is 0.233. The van der Waals surface area contributed by atoms with Crippen molar-refractivity contribution in [1.82, 2.24) is 10.9 Å². The first-order valence-corrected chi connectivity index (χ1v) is 6.99. The number of methoxy groups -OCH3 is 1. The van der Waals surface area contributed by atoms with Gasteiger partial charge in [-0.05, 0) is 36.4 Å². The largest absolute Gasteiger partial charge is 0.497 e. The highest BCUT2D eigenvalue weighted by atomic mass is 19.4. The van der Waals surface area contributed by atoms with Crippen LogP contribution in [0, 0.1) is 0 Å². The molecule has 132 valence electrons. The summed E-state index contributed by atoms with van der Waals surface area (Å²) in [6, 6.07) is 9.51. The molecule has 2 rings (SSSR count). The van der Waals surface area contributed by atoms with E-state index in [4.69, 9.17) is 4.74 Å². The van der Waals surface area contributed by atoms with Gasteiger partial charge in [0.2, 0.25) is 0 Å². The lowest BCUT2D eigenvalue weighted by atomic mass is 10.1. The predicted octanol–water partition coefficient (Wildman–Crippen LogP) is 3.18. The number of nitrogens with one attached hydrogen (secondary N) is 3. The van der Waals surface area contributed by atoms with Crippen LogP contribution in [-0.2, 0) is 6.18 Å². The van der Waals surface area contributed by atoms with Crippen LogP contribution in [0.4, 0.5) is 23.7 Å². The maximum Gasteiger partial charge on any atom is 0.418 e. The van der Waals surface area contributed by atoms with Gasteiger partial charge in [-0.1, -0.05) is 12.1 Å². The molecule has 0 aromatic heterocycles. The number of anilines is 1. The van der Waals surface area contributed by atoms with Gasteiger partial charge in [-0.3, -0.25) is 10.2 Å². The summed E-state index contributed by atoms with van der Waals surface area (Å²) in [5.74, 6) is -0.0899. The highest BCUT2D eigenvalue weighted by Gasteiger charge is 2.33. The zero-order valence-corrected chi connectivity index (χ0v) is 13.0. The molecule has 25 heavy (non-hydrogen) atoms. The summed E-state index contributed by atoms with van der Waals surface area (Å²) in [7, 11) is 1.47. The Labute approximate surface area is 141 Å². The van der Waals surface area contributed by atoms with Gasteiger partial charge in [-0.25, -0.2) is 10.2 Å². The van der Waals surface area contributed by atoms with Gasteiger partial charge in [0.15, 0.2) is 0 Å². The van der Waals surface area contributed by atoms with Crippen molar-refractivity contribution in [3.05, 3.63) is 59.7 Å². The van der Waals surface area contributed by atoms with Crippen LogP contribution in [0.25, 0.3) is 0 Å². The Morgan fingerprint density at radius 2 is 1.60 bits per heavy atom. The Morgan fingerprint density at radius 3 is 2.20 bits per heavy atom. The molecule has 9 heteroatoms. The summed E-state index contributed by atoms with van der Waals surface area (Å²) in [6.45, 7) is 0. The second kappa shape index (κ2) is 7.56. The van der Waals surface area contributed by atoms with Gasteiger partial charge < -0.3 is 10.1 Å². The van der Waals surface area contributed by atoms with Crippen LogP contribution in [-0.4, -0.2) is 19.0 Å². The van der Waals surface area contributed by atoms with Crippen molar-refractivity contribution in [3.8, 4) is 5.75 Å². The number of rotatable bonds is 3. The number of carbonyl (C=O) groups excluding carboxylic acids is 2. The van der Waals surface area contributed by atoms with Crippen LogP contribution in [0.15, 0.2) is 48.5 Å². The maximum atomic E-state index is 12.8. The van der Waals surface area contributed by atoms with Gasteiger partial charge >= 0.3 is 12.2 Å². The molecule has 0 saturated carbocycles. The summed E-state index contributed by atoms with van der Waals surface area (Å²) in [5, 5.41) is 2.04. The van der Waals surface area contributed by atoms with Gasteiger partial charge in [0.1, 0.15) is 5.75 Å². The summed E-state index contributed by atoms with van der Waals surface area (Å²) < 4.78 is 43.5. The molecule has 3 amide bonds. The Bertz CT molecular complexity index is 761. The monoisotopic (exact) mass is 353 g/mol. The van der Waals surface area contributed by atoms with E-state index in [0.717, 1.165) is 12.1 Å². The zero-order chi connectivity index (χ0) is 18.4. The number of hydrogen-bond donors (Lipinski definition) is 3. The minimum atomic E-state index is -4.61. The number of carbonyl (C=O) groups is 2. The van der Waals surface area contributed by atoms with Crippen LogP contribution in [0.2, 0.25) is 0 Å². The number of para-hydroxylation sites is 1. The normalized spacial score (nSPS) is 10.7. The van der Waals surface area contributed by atoms with E-state index < -0.39 is 29.4 Å². The molecular weight excluding hydrogens is 339 g/mol. The molecule has 0 spiro atoms. The number of hydrogen-bond acceptors (Lipinski definition) is 3. The molecule has 6 nitrogen and oxygen atoms in total. The van der Waals surface area contributed by atoms with Gasteiger partial charge in [-0.2, -0.15) is 13.2 Å². The molecule has 3 N–H and O–H groups in total. The van der Waals surface area contributed by atoms with Crippen molar-refractivity contribution in [2.45, 2.75) is 6.18 Å². The fourth-order valence-corrected chi connectivity index (χ4v) is 1.92. The average Bonchev–Trinajstić information content (AvgIpc) is 2.59. The number of ether oxygens (including phenoxy) is 1. The van der Waals surface area contributed by atoms with Crippen molar-refractivity contribution < 1.29 is 27.5 Å². The Balaban J connectivity index is 1.96. The third-order valence-corrected chi connectivity index (χ3v) is 3.12. The van der Waals surface area contributed by atoms with Crippen LogP contribution >= 0.6 is 0 Å². The molecule has 0 radical (unpaired) electrons. The molecule has 0 unspecified atom stereocenters. The summed E-state index contributed by atoms with van der Waals surface area (Å²) in [6.07, 6.45) is -4.61. The lowest BCUT2D eigenvalue weighted by Gasteiger charge is -2.14. The van der Waals surface area contributed by atoms with Crippen molar-refractivity contribution >= 4 is 17.6 Å². The summed E-state index contributed by atoms with van der Waals surface area (Å²) in [5.41, 5.74) is 2.89. The average molecular weight is 353 g/mol. The van der Waals surface area contributed by atoms with E-state index >= 15 is 0 Å². The second-order valence-electron chi connectivity index (χ2n) is 4.81. The number of amides is 3. The van der Waals surface area contributed by atoms with Crippen LogP contribution in [0.5, 0.6) is 5.75 Å². The van der Waals surface area contributed by atoms with Gasteiger partial charge in [0.05, 0.1) is 18.4 Å². The highest BCUT2D eigenvalue weighted by molar-refractivity contribution is 5.97. The summed E-state index contributed by atoms with van der Waals surface area (Å²) >= 11 is 0. The fourth-order valence-electron chi connectivity index (χ4n) is 1.92. The maximum absolute atomic E-state index is 12.8. The lowest BCUT2D eigenvalue weighted by Crippen LogP contribution is -2.44. The molecule has 0 saturated heterocycles. The Kier molecular flexibility index (Phi) is 5.48. The Hall–Kier alpha value is -3.23. The van der Waals surface area contributed by atoms with Gasteiger partial charge in [0.25, 0.3) is 5.91 Å². The van der Waals surface area contributed by atoms with E-state index in [2.05, 4.69) is 5.43 Å². The first-order valence-electron chi connectivity index (χ1n) is 6.99. The van der Waals surface area contributed by atoms with E-state index in [1.165, 1.54) is 31.4 Å². The molecule has 0 aliphatic carbocycles. The summed E-state index contributed by atoms with van der Waals surface area (Å²) in [4.78, 5) is 23.6. The first-order chi connectivity index (χ1) is 11.8. The first kappa shape index (κ1) is 18.1. The van der Waals surface area contributed by atoms with Gasteiger partial charge in [0, 0.05) is 5.56 Å². The molecule has 0 atom stereocenters. The number of benzene rings is 2. The molecule has 0 aliphatic heterocycles. The van der Waals surface area contributed by atoms with E-state index in [0.29, 0.717) is 5.75 Å². The van der Waals surface area contributed by atoms with Crippen molar-refractivity contribution in [1.29, 1.82) is 0 Å². The third kappa shape index (κ3) is 4.87. The quantitative estimate of drug-likeness (QED) is 0.742. The molecule has 0 bridgehead atoms. The molecule has 2 aromatic carbocycles. The second-order valence-corrected chi connectivity index (χ2v) is 4.81. The van der Waals surface area contributed by atoms with Crippen LogP contribution in [0.1, 0.15) is 15.9 Å². The van der Waals surface area contributed by atoms with Gasteiger partial charge in [-0.15, -0.1) is 0 Å². The minimum Gasteiger partial charge on any atom is -0.497 e. The van der Waals surface area contributed by atoms with E-state index in [1.807, 2.05) is 10.7 Å². The number of halogens is 3. The molecule has 0 heterocycles. The van der Waals surface area contributed by atoms with E-state index in [-0.39, 0.29) is 5.56 Å². The highest BCUT2D eigenvalue weighted by Crippen LogP contribution is 2.34. The SMILES string of the molecule is COc1ccc(C(=O)NNC(=O)Nc2ccccc2C(F)(F)F)cc1. The molecule has 0 aliphatic rings. The smallest absolute Gasteiger partial charge is 0.418 e. The van der Waals surface area contributed by atoms with E-state index in [1.54, 1.807) is 12.1 Å². The van der Waals surface area contributed by atoms with Crippen LogP contribution < -0.4 is 20.9 Å². The fraction of sp³-hybridized carbons (Fsp3) is 0.125. The topological polar surface area (TPSA) is 79.5 Å². The van der Waals surface area contributed by atoms with Crippen molar-refractivity contribution in [3.63, 3.8) is 0 Å². The van der Waals surface area contributed by atoms with E-state index in [9.17, 15) is 22.8 Å². The standard InChI is InChI=1S/C16H14F3N3O3/c1-25-11-8-6-10(7-9-11)14(23)21-22-15(24)20-13-5-3-2-4-12(13)16(17,18)19/h2-9H,1H3,(H,21,23)(H2,20,22,24). The molecule has 0 fully saturated rings.